The van der Waals surface area contributed by atoms with E-state index >= 15 is 0 Å². The number of fused-ring (bicyclic) bond motifs is 1. The Labute approximate surface area is 92.8 Å². The fourth-order valence-electron chi connectivity index (χ4n) is 1.55. The first kappa shape index (κ1) is 10.2. The predicted molar refractivity (Wildman–Crippen MR) is 63.8 cm³/mol. The quantitative estimate of drug-likeness (QED) is 0.582. The lowest BCUT2D eigenvalue weighted by atomic mass is 10.1. The zero-order valence-corrected chi connectivity index (χ0v) is 8.84. The minimum Gasteiger partial charge on any atom is -0.496 e. The van der Waals surface area contributed by atoms with Crippen LogP contribution in [0.3, 0.4) is 0 Å². The van der Waals surface area contributed by atoms with Gasteiger partial charge in [-0.25, -0.2) is 4.98 Å². The Hall–Kier alpha value is -2.30. The van der Waals surface area contributed by atoms with Gasteiger partial charge in [0.25, 0.3) is 0 Å². The fraction of sp³-hybridized carbons (Fsp3) is 0.0909. The maximum Gasteiger partial charge on any atom is 0.192 e. The SMILES string of the molecule is COc1cccc2c(N=C(N)N)nccc12. The van der Waals surface area contributed by atoms with Gasteiger partial charge in [0.15, 0.2) is 11.8 Å². The summed E-state index contributed by atoms with van der Waals surface area (Å²) in [7, 11) is 1.62. The Morgan fingerprint density at radius 3 is 2.75 bits per heavy atom. The maximum absolute atomic E-state index is 5.34. The van der Waals surface area contributed by atoms with E-state index in [-0.39, 0.29) is 5.96 Å². The normalized spacial score (nSPS) is 10.1. The minimum absolute atomic E-state index is 0.0113. The fourth-order valence-corrected chi connectivity index (χ4v) is 1.55. The van der Waals surface area contributed by atoms with E-state index in [1.165, 1.54) is 0 Å². The monoisotopic (exact) mass is 216 g/mol. The van der Waals surface area contributed by atoms with Crippen LogP contribution in [0.5, 0.6) is 5.75 Å². The average Bonchev–Trinajstić information content (AvgIpc) is 2.28. The number of hydrogen-bond donors (Lipinski definition) is 2. The van der Waals surface area contributed by atoms with Gasteiger partial charge in [0.1, 0.15) is 5.75 Å². The molecule has 4 N–H and O–H groups in total. The molecule has 1 aromatic carbocycles. The number of pyridine rings is 1. The van der Waals surface area contributed by atoms with Crippen molar-refractivity contribution in [2.24, 2.45) is 16.5 Å². The molecule has 2 rings (SSSR count). The second kappa shape index (κ2) is 4.06. The Morgan fingerprint density at radius 2 is 2.06 bits per heavy atom. The second-order valence-corrected chi connectivity index (χ2v) is 3.23. The van der Waals surface area contributed by atoms with Gasteiger partial charge >= 0.3 is 0 Å². The molecule has 5 heteroatoms. The highest BCUT2D eigenvalue weighted by Gasteiger charge is 2.05. The van der Waals surface area contributed by atoms with E-state index in [9.17, 15) is 0 Å². The Morgan fingerprint density at radius 1 is 1.25 bits per heavy atom. The molecule has 0 radical (unpaired) electrons. The van der Waals surface area contributed by atoms with Gasteiger partial charge in [-0.05, 0) is 12.1 Å². The van der Waals surface area contributed by atoms with Crippen LogP contribution in [0.2, 0.25) is 0 Å². The van der Waals surface area contributed by atoms with E-state index in [1.54, 1.807) is 13.3 Å². The Kier molecular flexibility index (Phi) is 2.59. The van der Waals surface area contributed by atoms with Crippen LogP contribution in [-0.2, 0) is 0 Å². The molecule has 0 aliphatic carbocycles. The molecular weight excluding hydrogens is 204 g/mol. The molecule has 0 saturated carbocycles. The Balaban J connectivity index is 2.74. The van der Waals surface area contributed by atoms with Crippen LogP contribution in [0.4, 0.5) is 5.82 Å². The van der Waals surface area contributed by atoms with E-state index < -0.39 is 0 Å². The topological polar surface area (TPSA) is 86.5 Å². The van der Waals surface area contributed by atoms with Crippen LogP contribution in [0.1, 0.15) is 0 Å². The third-order valence-electron chi connectivity index (χ3n) is 2.20. The molecule has 1 aromatic heterocycles. The molecule has 0 aliphatic rings. The van der Waals surface area contributed by atoms with Crippen molar-refractivity contribution in [3.63, 3.8) is 0 Å². The third kappa shape index (κ3) is 1.75. The van der Waals surface area contributed by atoms with Crippen molar-refractivity contribution in [1.29, 1.82) is 0 Å². The van der Waals surface area contributed by atoms with Crippen molar-refractivity contribution in [3.05, 3.63) is 30.5 Å². The van der Waals surface area contributed by atoms with Gasteiger partial charge in [0, 0.05) is 17.0 Å². The summed E-state index contributed by atoms with van der Waals surface area (Å²) in [6.07, 6.45) is 1.65. The van der Waals surface area contributed by atoms with Crippen LogP contribution in [0.15, 0.2) is 35.5 Å². The molecule has 5 nitrogen and oxygen atoms in total. The van der Waals surface area contributed by atoms with E-state index in [0.29, 0.717) is 5.82 Å². The molecule has 0 spiro atoms. The van der Waals surface area contributed by atoms with Crippen LogP contribution in [-0.4, -0.2) is 18.1 Å². The van der Waals surface area contributed by atoms with E-state index in [1.807, 2.05) is 24.3 Å². The summed E-state index contributed by atoms with van der Waals surface area (Å²) in [5.74, 6) is 1.26. The lowest BCUT2D eigenvalue weighted by Gasteiger charge is -2.06. The average molecular weight is 216 g/mol. The van der Waals surface area contributed by atoms with E-state index in [0.717, 1.165) is 16.5 Å². The summed E-state index contributed by atoms with van der Waals surface area (Å²) < 4.78 is 5.25. The van der Waals surface area contributed by atoms with Gasteiger partial charge in [-0.3, -0.25) is 0 Å². The number of nitrogens with zero attached hydrogens (tertiary/aromatic N) is 2. The van der Waals surface area contributed by atoms with Crippen molar-refractivity contribution >= 4 is 22.5 Å². The van der Waals surface area contributed by atoms with Gasteiger partial charge in [-0.1, -0.05) is 12.1 Å². The van der Waals surface area contributed by atoms with Gasteiger partial charge in [0.05, 0.1) is 7.11 Å². The standard InChI is InChI=1S/C11H12N4O/c1-16-9-4-2-3-8-7(9)5-6-14-10(8)15-11(12)13/h2-6H,1H3,(H4,12,13,14,15). The molecule has 0 aliphatic heterocycles. The van der Waals surface area contributed by atoms with E-state index in [4.69, 9.17) is 16.2 Å². The van der Waals surface area contributed by atoms with Crippen molar-refractivity contribution in [1.82, 2.24) is 4.98 Å². The summed E-state index contributed by atoms with van der Waals surface area (Å²) >= 11 is 0. The molecule has 2 aromatic rings. The first-order chi connectivity index (χ1) is 7.72. The number of benzene rings is 1. The van der Waals surface area contributed by atoms with Crippen molar-refractivity contribution in [2.45, 2.75) is 0 Å². The smallest absolute Gasteiger partial charge is 0.192 e. The summed E-state index contributed by atoms with van der Waals surface area (Å²) in [6.45, 7) is 0. The number of hydrogen-bond acceptors (Lipinski definition) is 3. The molecule has 1 heterocycles. The number of rotatable bonds is 2. The van der Waals surface area contributed by atoms with Crippen LogP contribution < -0.4 is 16.2 Å². The Bertz CT molecular complexity index is 547. The number of aromatic nitrogens is 1. The zero-order chi connectivity index (χ0) is 11.5. The molecule has 0 fully saturated rings. The van der Waals surface area contributed by atoms with Gasteiger partial charge in [0.2, 0.25) is 0 Å². The van der Waals surface area contributed by atoms with Crippen molar-refractivity contribution in [3.8, 4) is 5.75 Å². The lowest BCUT2D eigenvalue weighted by molar-refractivity contribution is 0.420. The molecule has 0 atom stereocenters. The first-order valence-corrected chi connectivity index (χ1v) is 4.73. The second-order valence-electron chi connectivity index (χ2n) is 3.23. The molecule has 0 amide bonds. The van der Waals surface area contributed by atoms with Crippen LogP contribution >= 0.6 is 0 Å². The molecular formula is C11H12N4O. The molecule has 0 unspecified atom stereocenters. The van der Waals surface area contributed by atoms with Crippen molar-refractivity contribution in [2.75, 3.05) is 7.11 Å². The van der Waals surface area contributed by atoms with Crippen LogP contribution in [0, 0.1) is 0 Å². The lowest BCUT2D eigenvalue weighted by Crippen LogP contribution is -2.22. The summed E-state index contributed by atoms with van der Waals surface area (Å²) in [5, 5.41) is 1.79. The molecule has 0 saturated heterocycles. The van der Waals surface area contributed by atoms with Crippen molar-refractivity contribution < 1.29 is 4.74 Å². The molecule has 16 heavy (non-hydrogen) atoms. The number of aliphatic imine (C=N–C) groups is 1. The number of nitrogens with two attached hydrogens (primary N) is 2. The molecule has 82 valence electrons. The predicted octanol–water partition coefficient (Wildman–Crippen LogP) is 1.15. The van der Waals surface area contributed by atoms with Gasteiger partial charge in [-0.2, -0.15) is 4.99 Å². The highest BCUT2D eigenvalue weighted by molar-refractivity contribution is 5.96. The third-order valence-corrected chi connectivity index (χ3v) is 2.20. The summed E-state index contributed by atoms with van der Waals surface area (Å²) in [6, 6.07) is 7.50. The van der Waals surface area contributed by atoms with Gasteiger partial charge < -0.3 is 16.2 Å². The highest BCUT2D eigenvalue weighted by atomic mass is 16.5. The number of methoxy groups -OCH3 is 1. The first-order valence-electron chi connectivity index (χ1n) is 4.73. The van der Waals surface area contributed by atoms with Crippen LogP contribution in [0.25, 0.3) is 10.8 Å². The summed E-state index contributed by atoms with van der Waals surface area (Å²) in [5.41, 5.74) is 10.7. The minimum atomic E-state index is -0.0113. The zero-order valence-electron chi connectivity index (χ0n) is 8.84. The summed E-state index contributed by atoms with van der Waals surface area (Å²) in [4.78, 5) is 8.09. The highest BCUT2D eigenvalue weighted by Crippen LogP contribution is 2.30. The maximum atomic E-state index is 5.34. The van der Waals surface area contributed by atoms with Gasteiger partial charge in [-0.15, -0.1) is 0 Å². The number of ether oxygens (including phenoxy) is 1. The number of guanidine groups is 1. The van der Waals surface area contributed by atoms with E-state index in [2.05, 4.69) is 9.98 Å². The largest absolute Gasteiger partial charge is 0.496 e. The molecule has 0 bridgehead atoms.